The van der Waals surface area contributed by atoms with Gasteiger partial charge in [0, 0.05) is 27.0 Å². The molecule has 0 fully saturated rings. The van der Waals surface area contributed by atoms with Crippen molar-refractivity contribution in [2.24, 2.45) is 0 Å². The number of fused-ring (bicyclic) bond motifs is 1. The fourth-order valence-electron chi connectivity index (χ4n) is 8.94. The van der Waals surface area contributed by atoms with Crippen LogP contribution in [0.4, 0.5) is 0 Å². The highest BCUT2D eigenvalue weighted by Crippen LogP contribution is 2.45. The van der Waals surface area contributed by atoms with Crippen LogP contribution in [0.2, 0.25) is 0 Å². The van der Waals surface area contributed by atoms with Crippen molar-refractivity contribution < 1.29 is 18.8 Å². The Kier molecular flexibility index (Phi) is 9.24. The third-order valence-corrected chi connectivity index (χ3v) is 13.0. The van der Waals surface area contributed by atoms with Crippen LogP contribution in [0, 0.1) is 13.8 Å². The molecule has 1 N–H and O–H groups in total. The molecule has 0 spiro atoms. The molecule has 0 radical (unpaired) electrons. The predicted octanol–water partition coefficient (Wildman–Crippen LogP) is 17.6. The van der Waals surface area contributed by atoms with Gasteiger partial charge in [-0.15, -0.1) is 0 Å². The molecule has 0 aliphatic rings. The van der Waals surface area contributed by atoms with E-state index < -0.39 is 65.8 Å². The minimum Gasteiger partial charge on any atom is -0.507 e. The number of benzene rings is 7. The van der Waals surface area contributed by atoms with Crippen LogP contribution in [0.25, 0.3) is 83.9 Å². The summed E-state index contributed by atoms with van der Waals surface area (Å²) in [5, 5.41) is 12.5. The Morgan fingerprint density at radius 1 is 0.588 bits per heavy atom. The number of nitrogens with zero attached hydrogens (tertiary/aromatic N) is 3. The first kappa shape index (κ1) is 35.2. The van der Waals surface area contributed by atoms with Gasteiger partial charge in [-0.25, -0.2) is 4.98 Å². The van der Waals surface area contributed by atoms with Gasteiger partial charge in [-0.2, -0.15) is 0 Å². The second-order valence-electron chi connectivity index (χ2n) is 20.6. The van der Waals surface area contributed by atoms with Crippen molar-refractivity contribution in [1.82, 2.24) is 14.5 Å². The van der Waals surface area contributed by atoms with Crippen molar-refractivity contribution in [1.29, 1.82) is 0 Å². The van der Waals surface area contributed by atoms with E-state index >= 15 is 0 Å². The fourth-order valence-corrected chi connectivity index (χ4v) is 8.94. The van der Waals surface area contributed by atoms with Gasteiger partial charge in [-0.05, 0) is 146 Å². The van der Waals surface area contributed by atoms with Gasteiger partial charge in [-0.3, -0.25) is 9.55 Å². The average molecular weight is 902 g/mol. The summed E-state index contributed by atoms with van der Waals surface area (Å²) in [4.78, 5) is 10.1. The molecule has 0 aliphatic carbocycles. The van der Waals surface area contributed by atoms with Crippen LogP contribution < -0.4 is 0 Å². The third kappa shape index (κ3) is 8.93. The SMILES string of the molecule is [2H]c1nc(-c2cc(-c3cccc4c3nc(-c3cc(C(C)C)cc(C(C)C)c3O)n4-c3cc(C)c(-c4ccc(C(C)(C)C)cc4)cc3-c3ccccc3)cc(C(C)(C)C)c2)c([2H])c(-c2c([2H])c([2H])c(C([2H])([2H])[2H])c([2H])c2[2H])c1[2H]. The molecule has 0 saturated heterocycles. The summed E-state index contributed by atoms with van der Waals surface area (Å²) in [6, 6.07) is 35.3. The minimum absolute atomic E-state index is 0.0121. The molecule has 342 valence electrons. The standard InChI is InChI=1S/C64H65N3O/c1-39(2)47-35-53(40(3)4)61(68)56(36-47)62-66-60-52(48-32-49(34-51(33-48)64(10,11)12)57-37-46(29-30-65-57)43-23-21-41(5)22-24-43)19-16-20-58(60)67(62)59-31-42(6)54(38-55(59)44-17-14-13-15-18-44)45-25-27-50(28-26-45)63(7,8)9/h13-40,68H,1-12H3/i5D3,21D,22D,23D,24D,29D,30D,37D. The van der Waals surface area contributed by atoms with Gasteiger partial charge in [0.15, 0.2) is 0 Å². The Bertz CT molecular complexity index is 3820. The van der Waals surface area contributed by atoms with E-state index in [0.717, 1.165) is 55.7 Å². The summed E-state index contributed by atoms with van der Waals surface area (Å²) < 4.78 is 88.8. The molecule has 2 aromatic heterocycles. The number of hydrogen-bond donors (Lipinski definition) is 1. The van der Waals surface area contributed by atoms with Gasteiger partial charge >= 0.3 is 0 Å². The van der Waals surface area contributed by atoms with Gasteiger partial charge in [0.05, 0.1) is 37.6 Å². The van der Waals surface area contributed by atoms with Crippen molar-refractivity contribution in [3.63, 3.8) is 0 Å². The van der Waals surface area contributed by atoms with E-state index in [-0.39, 0.29) is 34.3 Å². The fraction of sp³-hybridized carbons (Fsp3) is 0.250. The summed E-state index contributed by atoms with van der Waals surface area (Å²) in [5.41, 5.74) is 11.5. The quantitative estimate of drug-likeness (QED) is 0.157. The summed E-state index contributed by atoms with van der Waals surface area (Å²) in [6.07, 6.45) is -0.567. The Hall–Kier alpha value is -7.04. The topological polar surface area (TPSA) is 50.9 Å². The van der Waals surface area contributed by atoms with Crippen molar-refractivity contribution in [3.05, 3.63) is 191 Å². The Morgan fingerprint density at radius 2 is 1.28 bits per heavy atom. The van der Waals surface area contributed by atoms with E-state index in [0.29, 0.717) is 33.6 Å². The molecule has 0 aliphatic heterocycles. The number of pyridine rings is 1. The lowest BCUT2D eigenvalue weighted by Gasteiger charge is -2.22. The molecule has 0 saturated carbocycles. The highest BCUT2D eigenvalue weighted by molar-refractivity contribution is 5.98. The molecule has 0 atom stereocenters. The van der Waals surface area contributed by atoms with E-state index in [4.69, 9.17) is 17.3 Å². The minimum atomic E-state index is -2.97. The number of rotatable bonds is 9. The van der Waals surface area contributed by atoms with Crippen molar-refractivity contribution in [2.45, 2.75) is 106 Å². The molecule has 0 bridgehead atoms. The molecule has 0 unspecified atom stereocenters. The van der Waals surface area contributed by atoms with Gasteiger partial charge in [0.1, 0.15) is 11.6 Å². The molecular formula is C64H65N3O. The normalized spacial score (nSPS) is 14.4. The van der Waals surface area contributed by atoms with Crippen molar-refractivity contribution >= 4 is 11.0 Å². The third-order valence-electron chi connectivity index (χ3n) is 13.0. The van der Waals surface area contributed by atoms with Crippen molar-refractivity contribution in [2.75, 3.05) is 0 Å². The van der Waals surface area contributed by atoms with E-state index in [2.05, 4.69) is 146 Å². The highest BCUT2D eigenvalue weighted by Gasteiger charge is 2.27. The molecular weight excluding hydrogens is 827 g/mol. The van der Waals surface area contributed by atoms with Crippen molar-refractivity contribution in [3.8, 4) is 78.6 Å². The maximum absolute atomic E-state index is 12.5. The van der Waals surface area contributed by atoms with Gasteiger partial charge < -0.3 is 5.11 Å². The van der Waals surface area contributed by atoms with Crippen LogP contribution in [0.5, 0.6) is 5.75 Å². The first-order valence-corrected chi connectivity index (χ1v) is 23.4. The van der Waals surface area contributed by atoms with Gasteiger partial charge in [0.2, 0.25) is 0 Å². The van der Waals surface area contributed by atoms with Crippen LogP contribution in [-0.4, -0.2) is 19.6 Å². The number of aryl methyl sites for hydroxylation is 1. The molecule has 7 aromatic carbocycles. The smallest absolute Gasteiger partial charge is 0.149 e. The molecule has 9 rings (SSSR count). The molecule has 4 heteroatoms. The zero-order valence-electron chi connectivity index (χ0n) is 50.9. The highest BCUT2D eigenvalue weighted by atomic mass is 16.3. The Balaban J connectivity index is 1.36. The first-order chi connectivity index (χ1) is 36.5. The summed E-state index contributed by atoms with van der Waals surface area (Å²) in [6.45, 7) is 20.4. The lowest BCUT2D eigenvalue weighted by Crippen LogP contribution is -2.11. The number of hydrogen-bond acceptors (Lipinski definition) is 3. The summed E-state index contributed by atoms with van der Waals surface area (Å²) in [5.74, 6) is 0.782. The second kappa shape index (κ2) is 17.9. The monoisotopic (exact) mass is 902 g/mol. The predicted molar refractivity (Wildman–Crippen MR) is 288 cm³/mol. The average Bonchev–Trinajstić information content (AvgIpc) is 3.96. The zero-order chi connectivity index (χ0) is 56.8. The van der Waals surface area contributed by atoms with Crippen LogP contribution in [0.15, 0.2) is 158 Å². The number of imidazole rings is 1. The number of phenolic OH excluding ortho intramolecular Hbond substituents is 1. The maximum Gasteiger partial charge on any atom is 0.149 e. The summed E-state index contributed by atoms with van der Waals surface area (Å²) in [7, 11) is 0. The van der Waals surface area contributed by atoms with Gasteiger partial charge in [-0.1, -0.05) is 178 Å². The lowest BCUT2D eigenvalue weighted by molar-refractivity contribution is 0.466. The first-order valence-electron chi connectivity index (χ1n) is 28.4. The van der Waals surface area contributed by atoms with E-state index in [1.807, 2.05) is 54.6 Å². The van der Waals surface area contributed by atoms with Crippen LogP contribution in [0.3, 0.4) is 0 Å². The maximum atomic E-state index is 12.5. The number of aromatic nitrogens is 3. The summed E-state index contributed by atoms with van der Waals surface area (Å²) >= 11 is 0. The number of aromatic hydroxyl groups is 1. The largest absolute Gasteiger partial charge is 0.507 e. The van der Waals surface area contributed by atoms with E-state index in [1.165, 1.54) is 5.56 Å². The van der Waals surface area contributed by atoms with Crippen LogP contribution in [0.1, 0.15) is 128 Å². The number of phenols is 1. The lowest BCUT2D eigenvalue weighted by atomic mass is 9.83. The molecule has 0 amide bonds. The molecule has 68 heavy (non-hydrogen) atoms. The Morgan fingerprint density at radius 3 is 1.94 bits per heavy atom. The van der Waals surface area contributed by atoms with E-state index in [9.17, 15) is 6.48 Å². The molecule has 2 heterocycles. The van der Waals surface area contributed by atoms with Crippen LogP contribution in [-0.2, 0) is 10.8 Å². The zero-order valence-corrected chi connectivity index (χ0v) is 40.9. The number of para-hydroxylation sites is 1. The Labute approximate surface area is 418 Å². The van der Waals surface area contributed by atoms with Gasteiger partial charge in [0.25, 0.3) is 0 Å². The second-order valence-corrected chi connectivity index (χ2v) is 20.6. The van der Waals surface area contributed by atoms with Crippen LogP contribution >= 0.6 is 0 Å². The molecule has 9 aromatic rings. The van der Waals surface area contributed by atoms with E-state index in [1.54, 1.807) is 0 Å². The molecule has 4 nitrogen and oxygen atoms in total.